The largest absolute Gasteiger partial charge is 0.480 e. The van der Waals surface area contributed by atoms with Gasteiger partial charge < -0.3 is 20.0 Å². The highest BCUT2D eigenvalue weighted by Crippen LogP contribution is 2.36. The van der Waals surface area contributed by atoms with Crippen LogP contribution in [0.25, 0.3) is 6.08 Å². The third-order valence-electron chi connectivity index (χ3n) is 6.74. The van der Waals surface area contributed by atoms with E-state index in [-0.39, 0.29) is 19.1 Å². The van der Waals surface area contributed by atoms with E-state index in [0.29, 0.717) is 12.1 Å². The van der Waals surface area contributed by atoms with E-state index in [0.717, 1.165) is 35.6 Å². The van der Waals surface area contributed by atoms with Crippen LogP contribution < -0.4 is 14.8 Å². The third-order valence-corrected chi connectivity index (χ3v) is 6.74. The van der Waals surface area contributed by atoms with Crippen molar-refractivity contribution in [3.63, 3.8) is 0 Å². The maximum atomic E-state index is 11.2. The number of carbonyl (C=O) groups is 2. The van der Waals surface area contributed by atoms with Crippen LogP contribution in [-0.4, -0.2) is 54.0 Å². The van der Waals surface area contributed by atoms with Crippen molar-refractivity contribution in [1.29, 1.82) is 0 Å². The predicted molar refractivity (Wildman–Crippen MR) is 157 cm³/mol. The first-order valence-corrected chi connectivity index (χ1v) is 13.1. The monoisotopic (exact) mass is 526 g/mol. The lowest BCUT2D eigenvalue weighted by atomic mass is 10.00. The summed E-state index contributed by atoms with van der Waals surface area (Å²) in [6.45, 7) is 5.47. The van der Waals surface area contributed by atoms with Gasteiger partial charge in [-0.3, -0.25) is 14.6 Å². The van der Waals surface area contributed by atoms with Crippen molar-refractivity contribution >= 4 is 40.8 Å². The normalized spacial score (nSPS) is 14.9. The molecule has 4 rings (SSSR count). The van der Waals surface area contributed by atoms with E-state index >= 15 is 0 Å². The zero-order chi connectivity index (χ0) is 27.8. The van der Waals surface area contributed by atoms with Gasteiger partial charge in [-0.05, 0) is 67.4 Å². The number of nitrogens with zero attached hydrogens (tertiary/aromatic N) is 4. The lowest BCUT2D eigenvalue weighted by Gasteiger charge is -2.25. The number of benzene rings is 3. The quantitative estimate of drug-likeness (QED) is 0.320. The van der Waals surface area contributed by atoms with Gasteiger partial charge in [-0.2, -0.15) is 5.10 Å². The van der Waals surface area contributed by atoms with E-state index in [1.807, 2.05) is 47.5 Å². The van der Waals surface area contributed by atoms with E-state index in [4.69, 9.17) is 5.10 Å². The lowest BCUT2D eigenvalue weighted by Crippen LogP contribution is -2.34. The molecule has 0 bridgehead atoms. The number of hydrogen-bond donors (Lipinski definition) is 2. The molecule has 1 heterocycles. The van der Waals surface area contributed by atoms with Gasteiger partial charge in [0, 0.05) is 30.9 Å². The molecule has 1 unspecified atom stereocenters. The van der Waals surface area contributed by atoms with Gasteiger partial charge in [0.2, 0.25) is 0 Å². The summed E-state index contributed by atoms with van der Waals surface area (Å²) in [4.78, 5) is 26.1. The molecule has 8 heteroatoms. The number of para-hydroxylation sites is 1. The molecule has 0 fully saturated rings. The van der Waals surface area contributed by atoms with E-state index in [1.165, 1.54) is 10.6 Å². The Morgan fingerprint density at radius 3 is 1.95 bits per heavy atom. The molecule has 0 radical (unpaired) electrons. The number of carboxylic acid groups (broad SMARTS) is 2. The molecule has 0 amide bonds. The Kier molecular flexibility index (Phi) is 8.99. The molecule has 0 saturated carbocycles. The number of allylic oxidation sites excluding steroid dienone is 1. The summed E-state index contributed by atoms with van der Waals surface area (Å²) in [6.07, 6.45) is 4.82. The van der Waals surface area contributed by atoms with Crippen molar-refractivity contribution in [3.05, 3.63) is 96.1 Å². The Morgan fingerprint density at radius 2 is 1.38 bits per heavy atom. The topological polar surface area (TPSA) is 96.7 Å². The fourth-order valence-corrected chi connectivity index (χ4v) is 4.76. The molecule has 3 aromatic rings. The minimum atomic E-state index is -1.08. The second-order valence-corrected chi connectivity index (χ2v) is 9.32. The average molecular weight is 527 g/mol. The van der Waals surface area contributed by atoms with E-state index in [1.54, 1.807) is 12.1 Å². The molecular formula is C31H34N4O4. The van der Waals surface area contributed by atoms with Crippen LogP contribution in [0, 0.1) is 0 Å². The summed E-state index contributed by atoms with van der Waals surface area (Å²) < 4.78 is 0. The first-order valence-electron chi connectivity index (χ1n) is 13.1. The smallest absolute Gasteiger partial charge is 0.323 e. The highest BCUT2D eigenvalue weighted by atomic mass is 16.4. The Morgan fingerprint density at radius 1 is 0.821 bits per heavy atom. The van der Waals surface area contributed by atoms with Gasteiger partial charge in [0.15, 0.2) is 0 Å². The Labute approximate surface area is 229 Å². The maximum absolute atomic E-state index is 11.2. The van der Waals surface area contributed by atoms with Gasteiger partial charge in [-0.25, -0.2) is 0 Å². The summed E-state index contributed by atoms with van der Waals surface area (Å²) in [6, 6.07) is 25.8. The Hall–Kier alpha value is -4.59. The predicted octanol–water partition coefficient (Wildman–Crippen LogP) is 5.53. The molecule has 0 aliphatic carbocycles. The van der Waals surface area contributed by atoms with Gasteiger partial charge in [0.05, 0.1) is 17.4 Å². The summed E-state index contributed by atoms with van der Waals surface area (Å²) in [5, 5.41) is 25.3. The minimum absolute atomic E-state index is 0.0569. The van der Waals surface area contributed by atoms with Gasteiger partial charge >= 0.3 is 11.9 Å². The van der Waals surface area contributed by atoms with Gasteiger partial charge in [-0.1, -0.05) is 48.5 Å². The van der Waals surface area contributed by atoms with Crippen LogP contribution in [0.15, 0.2) is 90.0 Å². The summed E-state index contributed by atoms with van der Waals surface area (Å²) >= 11 is 0. The number of rotatable bonds is 12. The molecule has 39 heavy (non-hydrogen) atoms. The minimum Gasteiger partial charge on any atom is -0.480 e. The van der Waals surface area contributed by atoms with E-state index in [2.05, 4.69) is 55.2 Å². The highest BCUT2D eigenvalue weighted by Gasteiger charge is 2.28. The second-order valence-electron chi connectivity index (χ2n) is 9.32. The fraction of sp³-hybridized carbons (Fsp3) is 0.258. The van der Waals surface area contributed by atoms with Crippen molar-refractivity contribution in [2.75, 3.05) is 41.0 Å². The number of hydrogen-bond acceptors (Lipinski definition) is 6. The maximum Gasteiger partial charge on any atom is 0.323 e. The van der Waals surface area contributed by atoms with Crippen LogP contribution in [0.2, 0.25) is 0 Å². The van der Waals surface area contributed by atoms with Crippen molar-refractivity contribution < 1.29 is 19.8 Å². The number of carboxylic acids is 2. The molecule has 2 N–H and O–H groups in total. The Bertz CT molecular complexity index is 1300. The van der Waals surface area contributed by atoms with Crippen LogP contribution in [0.4, 0.5) is 17.1 Å². The van der Waals surface area contributed by atoms with Crippen LogP contribution in [-0.2, 0) is 9.59 Å². The fourth-order valence-electron chi connectivity index (χ4n) is 4.76. The van der Waals surface area contributed by atoms with Gasteiger partial charge in [0.25, 0.3) is 0 Å². The van der Waals surface area contributed by atoms with Crippen LogP contribution in [0.5, 0.6) is 0 Å². The summed E-state index contributed by atoms with van der Waals surface area (Å²) in [7, 11) is 0. The standard InChI is InChI=1S/C31H34N4O4/c1-3-33(4-2)26-16-11-23(12-17-26)10-15-25-20-29(35(32-25)28-8-6-5-7-9-28)24-13-18-27(19-14-24)34(21-30(36)37)22-31(38)39/h5-19,29H,3-4,20-22H2,1-2H3,(H,36,37)(H,38,39)/b15-10+. The first-order chi connectivity index (χ1) is 18.9. The molecule has 202 valence electrons. The molecule has 8 nitrogen and oxygen atoms in total. The van der Waals surface area contributed by atoms with Gasteiger partial charge in [-0.15, -0.1) is 0 Å². The van der Waals surface area contributed by atoms with Crippen molar-refractivity contribution in [1.82, 2.24) is 0 Å². The second kappa shape index (κ2) is 12.8. The summed E-state index contributed by atoms with van der Waals surface area (Å²) in [5.74, 6) is -2.17. The molecule has 3 aromatic carbocycles. The van der Waals surface area contributed by atoms with Crippen molar-refractivity contribution in [2.24, 2.45) is 5.10 Å². The zero-order valence-corrected chi connectivity index (χ0v) is 22.3. The van der Waals surface area contributed by atoms with Crippen molar-refractivity contribution in [2.45, 2.75) is 26.3 Å². The molecule has 0 aromatic heterocycles. The lowest BCUT2D eigenvalue weighted by molar-refractivity contribution is -0.136. The molecule has 1 aliphatic rings. The van der Waals surface area contributed by atoms with Crippen LogP contribution in [0.3, 0.4) is 0 Å². The highest BCUT2D eigenvalue weighted by molar-refractivity contribution is 6.01. The summed E-state index contributed by atoms with van der Waals surface area (Å²) in [5.41, 5.74) is 5.77. The molecule has 1 atom stereocenters. The molecule has 1 aliphatic heterocycles. The van der Waals surface area contributed by atoms with Crippen LogP contribution in [0.1, 0.15) is 37.4 Å². The number of hydrazone groups is 1. The molecular weight excluding hydrogens is 492 g/mol. The average Bonchev–Trinajstić information content (AvgIpc) is 3.37. The SMILES string of the molecule is CCN(CC)c1ccc(/C=C/C2=NN(c3ccccc3)C(c3ccc(N(CC(=O)O)CC(=O)O)cc3)C2)cc1. The zero-order valence-electron chi connectivity index (χ0n) is 22.3. The molecule has 0 spiro atoms. The van der Waals surface area contributed by atoms with Crippen molar-refractivity contribution in [3.8, 4) is 0 Å². The molecule has 0 saturated heterocycles. The van der Waals surface area contributed by atoms with E-state index < -0.39 is 11.9 Å². The van der Waals surface area contributed by atoms with Gasteiger partial charge in [0.1, 0.15) is 13.1 Å². The van der Waals surface area contributed by atoms with Crippen LogP contribution >= 0.6 is 0 Å². The Balaban J connectivity index is 1.55. The van der Waals surface area contributed by atoms with E-state index in [9.17, 15) is 19.8 Å². The number of aliphatic carboxylic acids is 2. The first kappa shape index (κ1) is 27.4. The number of anilines is 3. The third kappa shape index (κ3) is 7.04.